The highest BCUT2D eigenvalue weighted by atomic mass is 16.7. The summed E-state index contributed by atoms with van der Waals surface area (Å²) in [6, 6.07) is 6.75. The summed E-state index contributed by atoms with van der Waals surface area (Å²) in [6.45, 7) is 5.52. The Morgan fingerprint density at radius 2 is 2.09 bits per heavy atom. The van der Waals surface area contributed by atoms with Gasteiger partial charge in [0.15, 0.2) is 5.84 Å². The normalized spacial score (nSPS) is 36.0. The molecule has 3 fully saturated rings. The summed E-state index contributed by atoms with van der Waals surface area (Å²) >= 11 is 0. The van der Waals surface area contributed by atoms with E-state index in [0.717, 1.165) is 31.9 Å². The number of fused-ring (bicyclic) bond motifs is 3. The lowest BCUT2D eigenvalue weighted by Crippen LogP contribution is -2.58. The summed E-state index contributed by atoms with van der Waals surface area (Å²) in [5, 5.41) is 0. The third kappa shape index (κ3) is 2.22. The second kappa shape index (κ2) is 5.03. The number of benzene rings is 1. The van der Waals surface area contributed by atoms with Gasteiger partial charge in [0.05, 0.1) is 6.54 Å². The minimum absolute atomic E-state index is 0.345. The molecule has 23 heavy (non-hydrogen) atoms. The first-order chi connectivity index (χ1) is 11.2. The number of nitrogens with one attached hydrogen (secondary N) is 1. The largest absolute Gasteiger partial charge is 0.302 e. The van der Waals surface area contributed by atoms with Crippen molar-refractivity contribution < 1.29 is 4.84 Å². The van der Waals surface area contributed by atoms with Crippen LogP contribution >= 0.6 is 0 Å². The molecule has 2 bridgehead atoms. The zero-order valence-electron chi connectivity index (χ0n) is 13.7. The monoisotopic (exact) mass is 312 g/mol. The fourth-order valence-electron chi connectivity index (χ4n) is 4.57. The van der Waals surface area contributed by atoms with E-state index < -0.39 is 0 Å². The highest BCUT2D eigenvalue weighted by molar-refractivity contribution is 5.99. The van der Waals surface area contributed by atoms with Gasteiger partial charge >= 0.3 is 0 Å². The van der Waals surface area contributed by atoms with Gasteiger partial charge in [-0.25, -0.2) is 15.3 Å². The molecule has 5 nitrogen and oxygen atoms in total. The third-order valence-electron chi connectivity index (χ3n) is 5.98. The van der Waals surface area contributed by atoms with Crippen molar-refractivity contribution >= 4 is 5.84 Å². The molecule has 0 saturated carbocycles. The number of amidine groups is 1. The van der Waals surface area contributed by atoms with Crippen LogP contribution in [0.15, 0.2) is 23.2 Å². The number of hydrogen-bond acceptors (Lipinski definition) is 5. The van der Waals surface area contributed by atoms with Gasteiger partial charge in [-0.1, -0.05) is 12.1 Å². The van der Waals surface area contributed by atoms with Crippen LogP contribution in [0.5, 0.6) is 0 Å². The molecule has 122 valence electrons. The summed E-state index contributed by atoms with van der Waals surface area (Å²) in [5.74, 6) is 1.48. The molecule has 5 heterocycles. The Hall–Kier alpha value is -1.43. The summed E-state index contributed by atoms with van der Waals surface area (Å²) < 4.78 is 0. The van der Waals surface area contributed by atoms with Crippen molar-refractivity contribution in [1.29, 1.82) is 0 Å². The lowest BCUT2D eigenvalue weighted by atomic mass is 9.81. The van der Waals surface area contributed by atoms with E-state index in [1.165, 1.54) is 42.6 Å². The zero-order valence-corrected chi connectivity index (χ0v) is 13.7. The smallest absolute Gasteiger partial charge is 0.202 e. The van der Waals surface area contributed by atoms with Gasteiger partial charge in [0.2, 0.25) is 5.72 Å². The number of piperidine rings is 3. The average molecular weight is 312 g/mol. The van der Waals surface area contributed by atoms with Crippen LogP contribution in [0, 0.1) is 5.92 Å². The van der Waals surface area contributed by atoms with Gasteiger partial charge in [-0.05, 0) is 56.6 Å². The Balaban J connectivity index is 1.45. The number of rotatable bonds is 1. The van der Waals surface area contributed by atoms with Crippen molar-refractivity contribution in [3.63, 3.8) is 0 Å². The molecule has 5 aliphatic rings. The highest BCUT2D eigenvalue weighted by Gasteiger charge is 2.51. The molecule has 0 aliphatic carbocycles. The van der Waals surface area contributed by atoms with E-state index in [2.05, 4.69) is 40.5 Å². The average Bonchev–Trinajstić information content (AvgIpc) is 2.99. The fourth-order valence-corrected chi connectivity index (χ4v) is 4.57. The molecule has 1 unspecified atom stereocenters. The van der Waals surface area contributed by atoms with Crippen LogP contribution in [-0.2, 0) is 17.8 Å². The summed E-state index contributed by atoms with van der Waals surface area (Å²) in [6.07, 6.45) is 3.53. The molecular weight excluding hydrogens is 288 g/mol. The minimum Gasteiger partial charge on any atom is -0.302 e. The molecule has 0 amide bonds. The van der Waals surface area contributed by atoms with Gasteiger partial charge in [-0.15, -0.1) is 0 Å². The number of hydrogen-bond donors (Lipinski definition) is 1. The second-order valence-corrected chi connectivity index (χ2v) is 7.53. The van der Waals surface area contributed by atoms with Crippen LogP contribution in [0.4, 0.5) is 0 Å². The van der Waals surface area contributed by atoms with E-state index >= 15 is 0 Å². The van der Waals surface area contributed by atoms with Gasteiger partial charge in [0.25, 0.3) is 0 Å². The van der Waals surface area contributed by atoms with E-state index in [0.29, 0.717) is 5.92 Å². The van der Waals surface area contributed by atoms with Crippen LogP contribution in [0.25, 0.3) is 0 Å². The molecule has 1 N–H and O–H groups in total. The Morgan fingerprint density at radius 1 is 1.22 bits per heavy atom. The fraction of sp³-hybridized carbons (Fsp3) is 0.611. The molecule has 5 aliphatic heterocycles. The molecule has 6 rings (SSSR count). The zero-order chi connectivity index (χ0) is 15.4. The van der Waals surface area contributed by atoms with Crippen molar-refractivity contribution in [2.45, 2.75) is 31.5 Å². The van der Waals surface area contributed by atoms with Gasteiger partial charge in [0.1, 0.15) is 0 Å². The SMILES string of the molecule is CN1CCc2cc(C3=NC4(CN5CCC4CC5)ON3)ccc2C1. The van der Waals surface area contributed by atoms with Crippen molar-refractivity contribution in [2.75, 3.05) is 33.2 Å². The van der Waals surface area contributed by atoms with Gasteiger partial charge in [0, 0.05) is 24.6 Å². The van der Waals surface area contributed by atoms with Gasteiger partial charge in [-0.2, -0.15) is 0 Å². The van der Waals surface area contributed by atoms with Crippen molar-refractivity contribution in [2.24, 2.45) is 10.9 Å². The molecule has 0 radical (unpaired) electrons. The Morgan fingerprint density at radius 3 is 2.87 bits per heavy atom. The second-order valence-electron chi connectivity index (χ2n) is 7.53. The van der Waals surface area contributed by atoms with Crippen molar-refractivity contribution in [3.05, 3.63) is 34.9 Å². The number of likely N-dealkylation sites (N-methyl/N-ethyl adjacent to an activating group) is 1. The van der Waals surface area contributed by atoms with Crippen molar-refractivity contribution in [1.82, 2.24) is 15.3 Å². The maximum atomic E-state index is 6.04. The molecule has 1 spiro atoms. The standard InChI is InChI=1S/C18H24N4O/c1-21-7-4-13-10-14(2-3-15(13)11-21)17-19-18(23-20-17)12-22-8-5-16(18)6-9-22/h2-3,10,16H,4-9,11-12H2,1H3,(H,19,20). The number of hydroxylamine groups is 1. The van der Waals surface area contributed by atoms with E-state index in [-0.39, 0.29) is 5.72 Å². The Labute approximate surface area is 137 Å². The molecular formula is C18H24N4O. The van der Waals surface area contributed by atoms with E-state index in [4.69, 9.17) is 9.83 Å². The Kier molecular flexibility index (Phi) is 3.05. The summed E-state index contributed by atoms with van der Waals surface area (Å²) in [5.41, 5.74) is 6.87. The van der Waals surface area contributed by atoms with Crippen LogP contribution in [0.3, 0.4) is 0 Å². The molecule has 0 aromatic heterocycles. The van der Waals surface area contributed by atoms with E-state index in [1.807, 2.05) is 0 Å². The maximum Gasteiger partial charge on any atom is 0.202 e. The van der Waals surface area contributed by atoms with Crippen molar-refractivity contribution in [3.8, 4) is 0 Å². The molecule has 1 aromatic carbocycles. The van der Waals surface area contributed by atoms with Crippen LogP contribution < -0.4 is 5.48 Å². The van der Waals surface area contributed by atoms with Crippen LogP contribution in [0.2, 0.25) is 0 Å². The molecule has 1 aromatic rings. The molecule has 1 atom stereocenters. The summed E-state index contributed by atoms with van der Waals surface area (Å²) in [7, 11) is 2.19. The lowest BCUT2D eigenvalue weighted by molar-refractivity contribution is -0.155. The predicted molar refractivity (Wildman–Crippen MR) is 89.1 cm³/mol. The minimum atomic E-state index is -0.345. The predicted octanol–water partition coefficient (Wildman–Crippen LogP) is 1.38. The number of nitrogens with zero attached hydrogens (tertiary/aromatic N) is 3. The van der Waals surface area contributed by atoms with E-state index in [1.54, 1.807) is 0 Å². The van der Waals surface area contributed by atoms with Gasteiger partial charge in [-0.3, -0.25) is 4.90 Å². The van der Waals surface area contributed by atoms with E-state index in [9.17, 15) is 0 Å². The first kappa shape index (κ1) is 14.0. The number of aliphatic imine (C=N–C) groups is 1. The first-order valence-corrected chi connectivity index (χ1v) is 8.79. The summed E-state index contributed by atoms with van der Waals surface area (Å²) in [4.78, 5) is 15.9. The lowest BCUT2D eigenvalue weighted by Gasteiger charge is -2.47. The maximum absolute atomic E-state index is 6.04. The first-order valence-electron chi connectivity index (χ1n) is 8.79. The van der Waals surface area contributed by atoms with Gasteiger partial charge < -0.3 is 4.90 Å². The third-order valence-corrected chi connectivity index (χ3v) is 5.98. The highest BCUT2D eigenvalue weighted by Crippen LogP contribution is 2.41. The Bertz CT molecular complexity index is 665. The van der Waals surface area contributed by atoms with Crippen LogP contribution in [0.1, 0.15) is 29.5 Å². The topological polar surface area (TPSA) is 40.1 Å². The molecule has 3 saturated heterocycles. The quantitative estimate of drug-likeness (QED) is 0.850. The van der Waals surface area contributed by atoms with Crippen LogP contribution in [-0.4, -0.2) is 54.6 Å². The molecule has 5 heteroatoms.